The maximum atomic E-state index is 12.7. The molecule has 1 atom stereocenters. The summed E-state index contributed by atoms with van der Waals surface area (Å²) in [6.45, 7) is 5.30. The molecule has 1 unspecified atom stereocenters. The normalized spacial score (nSPS) is 13.2. The van der Waals surface area contributed by atoms with Crippen LogP contribution in [-0.2, 0) is 6.18 Å². The first-order valence-electron chi connectivity index (χ1n) is 6.22. The van der Waals surface area contributed by atoms with Crippen LogP contribution in [0.4, 0.5) is 24.5 Å². The van der Waals surface area contributed by atoms with E-state index in [1.54, 1.807) is 20.8 Å². The van der Waals surface area contributed by atoms with E-state index < -0.39 is 11.9 Å². The predicted octanol–water partition coefficient (Wildman–Crippen LogP) is 3.46. The molecular weight excluding hydrogens is 285 g/mol. The Hall–Kier alpha value is -2.25. The van der Waals surface area contributed by atoms with E-state index in [9.17, 15) is 13.2 Å². The number of hydrogen-bond donors (Lipinski definition) is 2. The van der Waals surface area contributed by atoms with E-state index in [4.69, 9.17) is 10.3 Å². The van der Waals surface area contributed by atoms with Crippen molar-refractivity contribution in [2.24, 2.45) is 0 Å². The fraction of sp³-hybridized carbons (Fsp3) is 0.385. The van der Waals surface area contributed by atoms with Crippen molar-refractivity contribution in [2.75, 3.05) is 11.1 Å². The first kappa shape index (κ1) is 15.1. The SMILES string of the molecule is Cc1noc(C)c1C(C)Nc1cc(C(F)(F)F)ncc1N. The van der Waals surface area contributed by atoms with Gasteiger partial charge >= 0.3 is 6.18 Å². The van der Waals surface area contributed by atoms with Gasteiger partial charge in [-0.15, -0.1) is 0 Å². The molecule has 0 aliphatic rings. The standard InChI is InChI=1S/C13H15F3N4O/c1-6(12-7(2)20-21-8(12)3)19-10-4-11(13(14,15)16)18-5-9(10)17/h4-6H,17H2,1-3H3,(H,18,19). The van der Waals surface area contributed by atoms with E-state index in [1.165, 1.54) is 0 Å². The average molecular weight is 300 g/mol. The Labute approximate surface area is 119 Å². The molecule has 0 aliphatic heterocycles. The molecule has 2 heterocycles. The number of anilines is 2. The minimum atomic E-state index is -4.52. The average Bonchev–Trinajstić information content (AvgIpc) is 2.70. The van der Waals surface area contributed by atoms with Crippen LogP contribution >= 0.6 is 0 Å². The van der Waals surface area contributed by atoms with Gasteiger partial charge < -0.3 is 15.6 Å². The van der Waals surface area contributed by atoms with Gasteiger partial charge in [0.2, 0.25) is 0 Å². The molecule has 2 rings (SSSR count). The van der Waals surface area contributed by atoms with Crippen LogP contribution in [-0.4, -0.2) is 10.1 Å². The number of nitrogen functional groups attached to an aromatic ring is 1. The number of nitrogens with zero attached hydrogens (tertiary/aromatic N) is 2. The maximum Gasteiger partial charge on any atom is 0.433 e. The molecule has 0 saturated carbocycles. The molecule has 2 aromatic heterocycles. The summed E-state index contributed by atoms with van der Waals surface area (Å²) in [6.07, 6.45) is -3.53. The maximum absolute atomic E-state index is 12.7. The Morgan fingerprint density at radius 1 is 1.33 bits per heavy atom. The quantitative estimate of drug-likeness (QED) is 0.907. The highest BCUT2D eigenvalue weighted by atomic mass is 19.4. The fourth-order valence-corrected chi connectivity index (χ4v) is 2.16. The Kier molecular flexibility index (Phi) is 3.80. The number of pyridine rings is 1. The number of aryl methyl sites for hydroxylation is 2. The van der Waals surface area contributed by atoms with Gasteiger partial charge in [-0.2, -0.15) is 13.2 Å². The highest BCUT2D eigenvalue weighted by Crippen LogP contribution is 2.33. The van der Waals surface area contributed by atoms with Gasteiger partial charge in [0.1, 0.15) is 11.5 Å². The van der Waals surface area contributed by atoms with Gasteiger partial charge in [-0.05, 0) is 26.8 Å². The summed E-state index contributed by atoms with van der Waals surface area (Å²) in [5.41, 5.74) is 6.46. The first-order valence-corrected chi connectivity index (χ1v) is 6.22. The van der Waals surface area contributed by atoms with Gasteiger partial charge in [-0.3, -0.25) is 0 Å². The van der Waals surface area contributed by atoms with Crippen molar-refractivity contribution in [1.29, 1.82) is 0 Å². The number of rotatable bonds is 3. The van der Waals surface area contributed by atoms with Crippen molar-refractivity contribution in [1.82, 2.24) is 10.1 Å². The van der Waals surface area contributed by atoms with E-state index >= 15 is 0 Å². The van der Waals surface area contributed by atoms with Crippen LogP contribution in [0.2, 0.25) is 0 Å². The highest BCUT2D eigenvalue weighted by Gasteiger charge is 2.33. The van der Waals surface area contributed by atoms with Crippen molar-refractivity contribution < 1.29 is 17.7 Å². The third-order valence-electron chi connectivity index (χ3n) is 3.12. The lowest BCUT2D eigenvalue weighted by atomic mass is 10.1. The lowest BCUT2D eigenvalue weighted by Gasteiger charge is -2.17. The van der Waals surface area contributed by atoms with Crippen molar-refractivity contribution in [3.8, 4) is 0 Å². The topological polar surface area (TPSA) is 77.0 Å². The number of nitrogens with two attached hydrogens (primary N) is 1. The lowest BCUT2D eigenvalue weighted by molar-refractivity contribution is -0.141. The summed E-state index contributed by atoms with van der Waals surface area (Å²) >= 11 is 0. The van der Waals surface area contributed by atoms with Crippen LogP contribution in [0.5, 0.6) is 0 Å². The number of alkyl halides is 3. The minimum Gasteiger partial charge on any atom is -0.396 e. The van der Waals surface area contributed by atoms with Crippen molar-refractivity contribution in [2.45, 2.75) is 33.0 Å². The molecule has 8 heteroatoms. The zero-order valence-corrected chi connectivity index (χ0v) is 11.7. The van der Waals surface area contributed by atoms with Gasteiger partial charge in [0.05, 0.1) is 29.3 Å². The Morgan fingerprint density at radius 3 is 2.52 bits per heavy atom. The molecule has 0 radical (unpaired) electrons. The monoisotopic (exact) mass is 300 g/mol. The second-order valence-electron chi connectivity index (χ2n) is 4.76. The second-order valence-corrected chi connectivity index (χ2v) is 4.76. The van der Waals surface area contributed by atoms with Crippen LogP contribution < -0.4 is 11.1 Å². The molecule has 0 bridgehead atoms. The van der Waals surface area contributed by atoms with Gasteiger partial charge in [-0.25, -0.2) is 4.98 Å². The molecule has 114 valence electrons. The Morgan fingerprint density at radius 2 is 2.00 bits per heavy atom. The zero-order chi connectivity index (χ0) is 15.8. The lowest BCUT2D eigenvalue weighted by Crippen LogP contribution is -2.13. The summed E-state index contributed by atoms with van der Waals surface area (Å²) in [5, 5.41) is 6.76. The Balaban J connectivity index is 2.31. The van der Waals surface area contributed by atoms with E-state index in [0.29, 0.717) is 11.5 Å². The molecule has 2 aromatic rings. The molecule has 0 amide bonds. The largest absolute Gasteiger partial charge is 0.433 e. The molecule has 3 N–H and O–H groups in total. The minimum absolute atomic E-state index is 0.140. The van der Waals surface area contributed by atoms with Crippen LogP contribution in [0.25, 0.3) is 0 Å². The molecule has 0 aliphatic carbocycles. The summed E-state index contributed by atoms with van der Waals surface area (Å²) in [4.78, 5) is 3.29. The number of aromatic nitrogens is 2. The molecule has 0 saturated heterocycles. The van der Waals surface area contributed by atoms with Crippen LogP contribution in [0.3, 0.4) is 0 Å². The highest BCUT2D eigenvalue weighted by molar-refractivity contribution is 5.66. The second kappa shape index (κ2) is 5.27. The van der Waals surface area contributed by atoms with Crippen LogP contribution in [0.15, 0.2) is 16.8 Å². The van der Waals surface area contributed by atoms with Gasteiger partial charge in [-0.1, -0.05) is 5.16 Å². The number of nitrogens with one attached hydrogen (secondary N) is 1. The number of halogens is 3. The van der Waals surface area contributed by atoms with Crippen molar-refractivity contribution in [3.63, 3.8) is 0 Å². The molecular formula is C13H15F3N4O. The van der Waals surface area contributed by atoms with E-state index in [0.717, 1.165) is 17.8 Å². The summed E-state index contributed by atoms with van der Waals surface area (Å²) in [6, 6.07) is 0.589. The fourth-order valence-electron chi connectivity index (χ4n) is 2.16. The summed E-state index contributed by atoms with van der Waals surface area (Å²) in [5.74, 6) is 0.608. The predicted molar refractivity (Wildman–Crippen MR) is 71.7 cm³/mol. The smallest absolute Gasteiger partial charge is 0.396 e. The molecule has 0 aromatic carbocycles. The summed E-state index contributed by atoms with van der Waals surface area (Å²) < 4.78 is 43.1. The summed E-state index contributed by atoms with van der Waals surface area (Å²) in [7, 11) is 0. The molecule has 5 nitrogen and oxygen atoms in total. The van der Waals surface area contributed by atoms with Crippen LogP contribution in [0.1, 0.15) is 35.7 Å². The Bertz CT molecular complexity index is 632. The van der Waals surface area contributed by atoms with Crippen molar-refractivity contribution in [3.05, 3.63) is 35.0 Å². The van der Waals surface area contributed by atoms with Gasteiger partial charge in [0, 0.05) is 5.56 Å². The third kappa shape index (κ3) is 3.09. The first-order chi connectivity index (χ1) is 9.70. The van der Waals surface area contributed by atoms with Crippen molar-refractivity contribution >= 4 is 11.4 Å². The molecule has 21 heavy (non-hydrogen) atoms. The van der Waals surface area contributed by atoms with Crippen LogP contribution in [0, 0.1) is 13.8 Å². The molecule has 0 fully saturated rings. The van der Waals surface area contributed by atoms with E-state index in [1.807, 2.05) is 0 Å². The van der Waals surface area contributed by atoms with Gasteiger partial charge in [0.25, 0.3) is 0 Å². The number of hydrogen-bond acceptors (Lipinski definition) is 5. The molecule has 0 spiro atoms. The van der Waals surface area contributed by atoms with E-state index in [2.05, 4.69) is 15.5 Å². The zero-order valence-electron chi connectivity index (χ0n) is 11.7. The van der Waals surface area contributed by atoms with E-state index in [-0.39, 0.29) is 17.4 Å². The third-order valence-corrected chi connectivity index (χ3v) is 3.12. The van der Waals surface area contributed by atoms with Gasteiger partial charge in [0.15, 0.2) is 0 Å².